The summed E-state index contributed by atoms with van der Waals surface area (Å²) < 4.78 is 7.44. The van der Waals surface area contributed by atoms with E-state index in [9.17, 15) is 0 Å². The first-order chi connectivity index (χ1) is 15.6. The standard InChI is InChI=1S/C26H22BrN3OS/c1-2-17-6-12-20(13-7-17)30-25(24(29-26(30)32)21-5-3-4-16-28-21)23-15-14-22(31-23)18-8-10-19(27)11-9-18/h3-16,24-25H,2H2,1H3,(H,29,32)/t24-,25+/m1/s1. The lowest BCUT2D eigenvalue weighted by atomic mass is 10.0. The molecule has 1 aliphatic heterocycles. The molecule has 4 nitrogen and oxygen atoms in total. The highest BCUT2D eigenvalue weighted by Crippen LogP contribution is 2.43. The third-order valence-corrected chi connectivity index (χ3v) is 6.61. The van der Waals surface area contributed by atoms with Gasteiger partial charge in [-0.15, -0.1) is 0 Å². The fourth-order valence-corrected chi connectivity index (χ4v) is 4.71. The minimum Gasteiger partial charge on any atom is -0.459 e. The van der Waals surface area contributed by atoms with Crippen molar-refractivity contribution in [3.63, 3.8) is 0 Å². The van der Waals surface area contributed by atoms with E-state index in [1.165, 1.54) is 5.56 Å². The van der Waals surface area contributed by atoms with E-state index in [-0.39, 0.29) is 12.1 Å². The second-order valence-corrected chi connectivity index (χ2v) is 9.03. The topological polar surface area (TPSA) is 41.3 Å². The number of thiocarbonyl (C=S) groups is 1. The van der Waals surface area contributed by atoms with Gasteiger partial charge in [0.25, 0.3) is 0 Å². The van der Waals surface area contributed by atoms with Crippen LogP contribution in [0, 0.1) is 0 Å². The summed E-state index contributed by atoms with van der Waals surface area (Å²) in [5.41, 5.74) is 4.28. The highest BCUT2D eigenvalue weighted by molar-refractivity contribution is 9.10. The molecule has 0 radical (unpaired) electrons. The number of anilines is 1. The maximum absolute atomic E-state index is 6.41. The second kappa shape index (κ2) is 8.88. The number of nitrogens with one attached hydrogen (secondary N) is 1. The van der Waals surface area contributed by atoms with Crippen LogP contribution in [-0.2, 0) is 6.42 Å². The van der Waals surface area contributed by atoms with Gasteiger partial charge in [-0.25, -0.2) is 0 Å². The van der Waals surface area contributed by atoms with Gasteiger partial charge >= 0.3 is 0 Å². The van der Waals surface area contributed by atoms with Crippen molar-refractivity contribution in [2.24, 2.45) is 0 Å². The number of rotatable bonds is 5. The van der Waals surface area contributed by atoms with Crippen molar-refractivity contribution >= 4 is 38.9 Å². The Morgan fingerprint density at radius 3 is 2.47 bits per heavy atom. The molecule has 5 rings (SSSR count). The lowest BCUT2D eigenvalue weighted by Gasteiger charge is -2.26. The maximum atomic E-state index is 6.41. The lowest BCUT2D eigenvalue weighted by molar-refractivity contribution is 0.439. The molecule has 0 aliphatic carbocycles. The van der Waals surface area contributed by atoms with Gasteiger partial charge in [-0.3, -0.25) is 4.98 Å². The molecule has 0 bridgehead atoms. The lowest BCUT2D eigenvalue weighted by Crippen LogP contribution is -2.29. The Kier molecular flexibility index (Phi) is 5.81. The van der Waals surface area contributed by atoms with E-state index in [0.29, 0.717) is 5.11 Å². The number of aryl methyl sites for hydroxylation is 1. The molecule has 0 amide bonds. The van der Waals surface area contributed by atoms with Crippen molar-refractivity contribution in [3.05, 3.63) is 107 Å². The third-order valence-electron chi connectivity index (χ3n) is 5.77. The Balaban J connectivity index is 1.57. The molecule has 2 aromatic carbocycles. The smallest absolute Gasteiger partial charge is 0.174 e. The van der Waals surface area contributed by atoms with Crippen LogP contribution >= 0.6 is 28.1 Å². The average Bonchev–Trinajstić information content (AvgIpc) is 3.45. The Bertz CT molecular complexity index is 1220. The molecule has 0 spiro atoms. The van der Waals surface area contributed by atoms with E-state index in [1.54, 1.807) is 0 Å². The Morgan fingerprint density at radius 2 is 1.78 bits per heavy atom. The molecule has 160 valence electrons. The van der Waals surface area contributed by atoms with Crippen LogP contribution in [0.5, 0.6) is 0 Å². The molecule has 4 aromatic rings. The first-order valence-electron chi connectivity index (χ1n) is 10.6. The third kappa shape index (κ3) is 3.96. The van der Waals surface area contributed by atoms with Crippen LogP contribution in [0.2, 0.25) is 0 Å². The van der Waals surface area contributed by atoms with Gasteiger partial charge in [0.2, 0.25) is 0 Å². The molecule has 1 fully saturated rings. The Labute approximate surface area is 201 Å². The molecule has 6 heteroatoms. The number of halogens is 1. The van der Waals surface area contributed by atoms with Crippen molar-refractivity contribution in [2.45, 2.75) is 25.4 Å². The van der Waals surface area contributed by atoms with Gasteiger partial charge in [0.1, 0.15) is 17.6 Å². The number of furan rings is 1. The van der Waals surface area contributed by atoms with Gasteiger partial charge in [-0.1, -0.05) is 53.2 Å². The number of nitrogens with zero attached hydrogens (tertiary/aromatic N) is 2. The number of hydrogen-bond donors (Lipinski definition) is 1. The van der Waals surface area contributed by atoms with Gasteiger partial charge in [-0.05, 0) is 72.7 Å². The quantitative estimate of drug-likeness (QED) is 0.301. The molecule has 2 atom stereocenters. The van der Waals surface area contributed by atoms with E-state index < -0.39 is 0 Å². The summed E-state index contributed by atoms with van der Waals surface area (Å²) >= 11 is 9.29. The molecule has 1 saturated heterocycles. The van der Waals surface area contributed by atoms with E-state index >= 15 is 0 Å². The molecular formula is C26H22BrN3OS. The van der Waals surface area contributed by atoms with Gasteiger partial charge in [-0.2, -0.15) is 0 Å². The van der Waals surface area contributed by atoms with Crippen LogP contribution < -0.4 is 10.2 Å². The van der Waals surface area contributed by atoms with Crippen LogP contribution in [0.1, 0.15) is 36.0 Å². The number of pyridine rings is 1. The molecule has 32 heavy (non-hydrogen) atoms. The summed E-state index contributed by atoms with van der Waals surface area (Å²) in [6.07, 6.45) is 2.81. The molecule has 0 saturated carbocycles. The first-order valence-corrected chi connectivity index (χ1v) is 11.8. The van der Waals surface area contributed by atoms with Gasteiger partial charge < -0.3 is 14.6 Å². The normalized spacial score (nSPS) is 18.1. The zero-order valence-corrected chi connectivity index (χ0v) is 19.9. The first kappa shape index (κ1) is 20.9. The summed E-state index contributed by atoms with van der Waals surface area (Å²) in [6, 6.07) is 26.4. The Morgan fingerprint density at radius 1 is 1.00 bits per heavy atom. The molecule has 1 N–H and O–H groups in total. The molecular weight excluding hydrogens is 482 g/mol. The number of aromatic nitrogens is 1. The maximum Gasteiger partial charge on any atom is 0.174 e. The largest absolute Gasteiger partial charge is 0.459 e. The van der Waals surface area contributed by atoms with Crippen molar-refractivity contribution in [2.75, 3.05) is 4.90 Å². The van der Waals surface area contributed by atoms with E-state index in [2.05, 4.69) is 62.3 Å². The predicted molar refractivity (Wildman–Crippen MR) is 136 cm³/mol. The van der Waals surface area contributed by atoms with Crippen molar-refractivity contribution in [1.29, 1.82) is 0 Å². The second-order valence-electron chi connectivity index (χ2n) is 7.73. The fraction of sp³-hybridized carbons (Fsp3) is 0.154. The number of benzene rings is 2. The molecule has 1 aliphatic rings. The average molecular weight is 504 g/mol. The van der Waals surface area contributed by atoms with Crippen LogP contribution in [0.3, 0.4) is 0 Å². The summed E-state index contributed by atoms with van der Waals surface area (Å²) in [6.45, 7) is 2.16. The zero-order valence-electron chi connectivity index (χ0n) is 17.5. The fourth-order valence-electron chi connectivity index (χ4n) is 4.10. The molecule has 3 heterocycles. The van der Waals surface area contributed by atoms with E-state index in [4.69, 9.17) is 16.6 Å². The van der Waals surface area contributed by atoms with Crippen LogP contribution in [-0.4, -0.2) is 10.1 Å². The van der Waals surface area contributed by atoms with Gasteiger partial charge in [0, 0.05) is 21.9 Å². The monoisotopic (exact) mass is 503 g/mol. The molecule has 2 aromatic heterocycles. The highest BCUT2D eigenvalue weighted by Gasteiger charge is 2.42. The molecule has 0 unspecified atom stereocenters. The van der Waals surface area contributed by atoms with Crippen LogP contribution in [0.4, 0.5) is 5.69 Å². The van der Waals surface area contributed by atoms with E-state index in [1.807, 2.05) is 60.8 Å². The predicted octanol–water partition coefficient (Wildman–Crippen LogP) is 6.84. The van der Waals surface area contributed by atoms with E-state index in [0.717, 1.165) is 39.4 Å². The van der Waals surface area contributed by atoms with Crippen LogP contribution in [0.25, 0.3) is 11.3 Å². The SMILES string of the molecule is CCc1ccc(N2C(=S)N[C@H](c3ccccn3)[C@@H]2c2ccc(-c3ccc(Br)cc3)o2)cc1. The zero-order chi connectivity index (χ0) is 22.1. The van der Waals surface area contributed by atoms with Crippen molar-refractivity contribution in [1.82, 2.24) is 10.3 Å². The summed E-state index contributed by atoms with van der Waals surface area (Å²) in [4.78, 5) is 6.74. The van der Waals surface area contributed by atoms with Gasteiger partial charge in [0.15, 0.2) is 5.11 Å². The summed E-state index contributed by atoms with van der Waals surface area (Å²) in [5, 5.41) is 4.14. The van der Waals surface area contributed by atoms with Gasteiger partial charge in [0.05, 0.1) is 11.7 Å². The van der Waals surface area contributed by atoms with Crippen molar-refractivity contribution in [3.8, 4) is 11.3 Å². The highest BCUT2D eigenvalue weighted by atomic mass is 79.9. The van der Waals surface area contributed by atoms with Crippen molar-refractivity contribution < 1.29 is 4.42 Å². The minimum absolute atomic E-state index is 0.126. The summed E-state index contributed by atoms with van der Waals surface area (Å²) in [5.74, 6) is 1.66. The van der Waals surface area contributed by atoms with Crippen LogP contribution in [0.15, 0.2) is 93.9 Å². The Hall–Kier alpha value is -2.96. The summed E-state index contributed by atoms with van der Waals surface area (Å²) in [7, 11) is 0. The minimum atomic E-state index is -0.158. The number of hydrogen-bond acceptors (Lipinski definition) is 3.